The highest BCUT2D eigenvalue weighted by molar-refractivity contribution is 6.01. The number of fused-ring (bicyclic) bond motifs is 3. The van der Waals surface area contributed by atoms with Crippen LogP contribution >= 0.6 is 0 Å². The fourth-order valence-electron chi connectivity index (χ4n) is 3.10. The monoisotopic (exact) mass is 330 g/mol. The molecule has 7 heteroatoms. The van der Waals surface area contributed by atoms with Crippen molar-refractivity contribution in [2.45, 2.75) is 33.1 Å². The lowest BCUT2D eigenvalue weighted by atomic mass is 9.76. The Morgan fingerprint density at radius 1 is 1.38 bits per heavy atom. The quantitative estimate of drug-likeness (QED) is 0.843. The molecule has 0 spiro atoms. The van der Waals surface area contributed by atoms with Gasteiger partial charge in [-0.15, -0.1) is 0 Å². The lowest BCUT2D eigenvalue weighted by molar-refractivity contribution is 0.0907. The highest BCUT2D eigenvalue weighted by Crippen LogP contribution is 2.34. The number of hydrogen-bond acceptors (Lipinski definition) is 5. The normalized spacial score (nSPS) is 16.2. The van der Waals surface area contributed by atoms with E-state index in [1.807, 2.05) is 0 Å². The van der Waals surface area contributed by atoms with Gasteiger partial charge in [-0.1, -0.05) is 13.8 Å². The molecule has 0 fully saturated rings. The molecule has 1 amide bonds. The van der Waals surface area contributed by atoms with Gasteiger partial charge in [0.05, 0.1) is 17.5 Å². The van der Waals surface area contributed by atoms with Crippen molar-refractivity contribution in [2.75, 3.05) is 20.3 Å². The second-order valence-corrected chi connectivity index (χ2v) is 6.96. The van der Waals surface area contributed by atoms with Crippen LogP contribution in [0.2, 0.25) is 0 Å². The van der Waals surface area contributed by atoms with Gasteiger partial charge in [0.25, 0.3) is 5.91 Å². The number of amides is 1. The first-order valence-corrected chi connectivity index (χ1v) is 8.09. The summed E-state index contributed by atoms with van der Waals surface area (Å²) in [5.74, 6) is -0.133. The maximum atomic E-state index is 12.3. The van der Waals surface area contributed by atoms with E-state index in [4.69, 9.17) is 4.74 Å². The van der Waals surface area contributed by atoms with E-state index in [0.29, 0.717) is 36.3 Å². The van der Waals surface area contributed by atoms with Crippen molar-refractivity contribution < 1.29 is 14.3 Å². The van der Waals surface area contributed by atoms with Crippen LogP contribution in [0.25, 0.3) is 5.65 Å². The molecular weight excluding hydrogens is 308 g/mol. The number of ketones is 1. The SMILES string of the molecule is COCCCNC(=O)c1cnn2c3c(cnc12)C(=O)CC(C)(C)C3. The third kappa shape index (κ3) is 3.03. The van der Waals surface area contributed by atoms with E-state index < -0.39 is 0 Å². The number of ether oxygens (including phenoxy) is 1. The fraction of sp³-hybridized carbons (Fsp3) is 0.529. The van der Waals surface area contributed by atoms with E-state index in [1.165, 1.54) is 6.20 Å². The standard InChI is InChI=1S/C17H22N4O3/c1-17(2)7-13-11(14(22)8-17)9-19-15-12(10-20-21(13)15)16(23)18-5-4-6-24-3/h9-10H,4-8H2,1-3H3,(H,18,23). The van der Waals surface area contributed by atoms with Gasteiger partial charge in [-0.2, -0.15) is 5.10 Å². The Morgan fingerprint density at radius 2 is 2.17 bits per heavy atom. The molecular formula is C17H22N4O3. The molecule has 0 atom stereocenters. The molecule has 2 heterocycles. The van der Waals surface area contributed by atoms with Gasteiger partial charge in [0.2, 0.25) is 0 Å². The zero-order valence-electron chi connectivity index (χ0n) is 14.3. The Labute approximate surface area is 140 Å². The van der Waals surface area contributed by atoms with E-state index in [0.717, 1.165) is 18.5 Å². The highest BCUT2D eigenvalue weighted by atomic mass is 16.5. The Balaban J connectivity index is 1.91. The predicted octanol–water partition coefficient (Wildman–Crippen LogP) is 1.65. The second-order valence-electron chi connectivity index (χ2n) is 6.96. The fourth-order valence-corrected chi connectivity index (χ4v) is 3.10. The van der Waals surface area contributed by atoms with Gasteiger partial charge in [0, 0.05) is 32.9 Å². The predicted molar refractivity (Wildman–Crippen MR) is 88.2 cm³/mol. The third-order valence-electron chi connectivity index (χ3n) is 4.27. The summed E-state index contributed by atoms with van der Waals surface area (Å²) in [5.41, 5.74) is 2.23. The zero-order chi connectivity index (χ0) is 17.3. The molecule has 1 aliphatic rings. The van der Waals surface area contributed by atoms with E-state index in [1.54, 1.807) is 17.8 Å². The van der Waals surface area contributed by atoms with Gasteiger partial charge < -0.3 is 10.1 Å². The number of Topliss-reactive ketones (excluding diaryl/α,β-unsaturated/α-hetero) is 1. The molecule has 24 heavy (non-hydrogen) atoms. The number of nitrogens with one attached hydrogen (secondary N) is 1. The van der Waals surface area contributed by atoms with Crippen molar-refractivity contribution >= 4 is 17.3 Å². The molecule has 0 aliphatic heterocycles. The van der Waals surface area contributed by atoms with Crippen molar-refractivity contribution in [2.24, 2.45) is 5.41 Å². The molecule has 1 aliphatic carbocycles. The summed E-state index contributed by atoms with van der Waals surface area (Å²) >= 11 is 0. The largest absolute Gasteiger partial charge is 0.385 e. The number of hydrogen-bond donors (Lipinski definition) is 1. The number of nitrogens with zero attached hydrogens (tertiary/aromatic N) is 3. The van der Waals surface area contributed by atoms with E-state index in [2.05, 4.69) is 29.2 Å². The van der Waals surface area contributed by atoms with E-state index in [9.17, 15) is 9.59 Å². The number of carbonyl (C=O) groups is 2. The van der Waals surface area contributed by atoms with Gasteiger partial charge in [-0.25, -0.2) is 9.50 Å². The molecule has 128 valence electrons. The first-order chi connectivity index (χ1) is 11.4. The van der Waals surface area contributed by atoms with Gasteiger partial charge in [-0.3, -0.25) is 9.59 Å². The third-order valence-corrected chi connectivity index (χ3v) is 4.27. The maximum absolute atomic E-state index is 12.3. The van der Waals surface area contributed by atoms with Crippen molar-refractivity contribution in [1.29, 1.82) is 0 Å². The van der Waals surface area contributed by atoms with Crippen molar-refractivity contribution in [3.63, 3.8) is 0 Å². The summed E-state index contributed by atoms with van der Waals surface area (Å²) in [6.07, 6.45) is 5.06. The molecule has 0 saturated heterocycles. The van der Waals surface area contributed by atoms with Gasteiger partial charge in [0.15, 0.2) is 11.4 Å². The lowest BCUT2D eigenvalue weighted by Gasteiger charge is -2.29. The van der Waals surface area contributed by atoms with Crippen LogP contribution in [-0.4, -0.2) is 46.5 Å². The van der Waals surface area contributed by atoms with Crippen LogP contribution < -0.4 is 5.32 Å². The minimum absolute atomic E-state index is 0.0803. The van der Waals surface area contributed by atoms with Crippen LogP contribution in [0.15, 0.2) is 12.4 Å². The molecule has 0 radical (unpaired) electrons. The first kappa shape index (κ1) is 16.6. The number of carbonyl (C=O) groups excluding carboxylic acids is 2. The average Bonchev–Trinajstić information content (AvgIpc) is 2.95. The molecule has 0 aromatic carbocycles. The summed E-state index contributed by atoms with van der Waals surface area (Å²) in [7, 11) is 1.63. The van der Waals surface area contributed by atoms with Crippen LogP contribution in [0.4, 0.5) is 0 Å². The summed E-state index contributed by atoms with van der Waals surface area (Å²) in [4.78, 5) is 29.0. The number of aromatic nitrogens is 3. The summed E-state index contributed by atoms with van der Waals surface area (Å²) in [5, 5.41) is 7.15. The van der Waals surface area contributed by atoms with Crippen LogP contribution in [0, 0.1) is 5.41 Å². The molecule has 0 unspecified atom stereocenters. The lowest BCUT2D eigenvalue weighted by Crippen LogP contribution is -2.29. The summed E-state index contributed by atoms with van der Waals surface area (Å²) < 4.78 is 6.60. The van der Waals surface area contributed by atoms with E-state index in [-0.39, 0.29) is 17.1 Å². The zero-order valence-corrected chi connectivity index (χ0v) is 14.3. The van der Waals surface area contributed by atoms with Gasteiger partial charge in [-0.05, 0) is 18.3 Å². The first-order valence-electron chi connectivity index (χ1n) is 8.09. The second kappa shape index (κ2) is 6.32. The van der Waals surface area contributed by atoms with Gasteiger partial charge >= 0.3 is 0 Å². The molecule has 3 rings (SSSR count). The van der Waals surface area contributed by atoms with Crippen molar-refractivity contribution in [3.8, 4) is 0 Å². The minimum atomic E-state index is -0.213. The molecule has 2 aromatic heterocycles. The molecule has 7 nitrogen and oxygen atoms in total. The van der Waals surface area contributed by atoms with Crippen LogP contribution in [0.1, 0.15) is 53.1 Å². The van der Waals surface area contributed by atoms with Crippen molar-refractivity contribution in [1.82, 2.24) is 19.9 Å². The van der Waals surface area contributed by atoms with Crippen molar-refractivity contribution in [3.05, 3.63) is 29.2 Å². The Bertz CT molecular complexity index is 794. The molecule has 0 bridgehead atoms. The van der Waals surface area contributed by atoms with E-state index >= 15 is 0 Å². The summed E-state index contributed by atoms with van der Waals surface area (Å²) in [6, 6.07) is 0. The minimum Gasteiger partial charge on any atom is -0.385 e. The Morgan fingerprint density at radius 3 is 2.92 bits per heavy atom. The molecule has 2 aromatic rings. The van der Waals surface area contributed by atoms with Crippen LogP contribution in [0.3, 0.4) is 0 Å². The Kier molecular flexibility index (Phi) is 4.36. The number of methoxy groups -OCH3 is 1. The summed E-state index contributed by atoms with van der Waals surface area (Å²) in [6.45, 7) is 5.25. The Hall–Kier alpha value is -2.28. The number of rotatable bonds is 5. The average molecular weight is 330 g/mol. The molecule has 1 N–H and O–H groups in total. The smallest absolute Gasteiger partial charge is 0.256 e. The van der Waals surface area contributed by atoms with Crippen LogP contribution in [0.5, 0.6) is 0 Å². The molecule has 0 saturated carbocycles. The highest BCUT2D eigenvalue weighted by Gasteiger charge is 2.33. The van der Waals surface area contributed by atoms with Gasteiger partial charge in [0.1, 0.15) is 5.56 Å². The van der Waals surface area contributed by atoms with Crippen LogP contribution in [-0.2, 0) is 11.2 Å². The topological polar surface area (TPSA) is 85.6 Å². The maximum Gasteiger partial charge on any atom is 0.256 e.